The Balaban J connectivity index is 2.11. The highest BCUT2D eigenvalue weighted by Crippen LogP contribution is 2.33. The van der Waals surface area contributed by atoms with Gasteiger partial charge in [-0.3, -0.25) is 9.59 Å². The lowest BCUT2D eigenvalue weighted by molar-refractivity contribution is -0.127. The third kappa shape index (κ3) is 3.57. The molecule has 120 valence electrons. The molecule has 22 heavy (non-hydrogen) atoms. The van der Waals surface area contributed by atoms with Gasteiger partial charge in [0, 0.05) is 19.0 Å². The van der Waals surface area contributed by atoms with E-state index in [1.54, 1.807) is 11.8 Å². The number of nitrogens with one attached hydrogen (secondary N) is 1. The first-order valence-electron chi connectivity index (χ1n) is 7.50. The minimum absolute atomic E-state index is 0.0936. The molecule has 2 amide bonds. The summed E-state index contributed by atoms with van der Waals surface area (Å²) in [7, 11) is 0. The minimum atomic E-state index is -0.406. The second-order valence-corrected chi connectivity index (χ2v) is 5.40. The monoisotopic (exact) mass is 306 g/mol. The van der Waals surface area contributed by atoms with E-state index in [-0.39, 0.29) is 30.9 Å². The van der Waals surface area contributed by atoms with E-state index in [0.29, 0.717) is 24.6 Å². The molecule has 1 aliphatic rings. The van der Waals surface area contributed by atoms with Crippen LogP contribution in [0.3, 0.4) is 0 Å². The first-order valence-corrected chi connectivity index (χ1v) is 7.50. The van der Waals surface area contributed by atoms with E-state index in [9.17, 15) is 9.59 Å². The van der Waals surface area contributed by atoms with Crippen LogP contribution >= 0.6 is 0 Å². The number of rotatable bonds is 6. The van der Waals surface area contributed by atoms with Gasteiger partial charge in [0.05, 0.1) is 24.8 Å². The van der Waals surface area contributed by atoms with Crippen molar-refractivity contribution in [2.45, 2.75) is 26.3 Å². The molecule has 0 saturated carbocycles. The molecule has 6 heteroatoms. The summed E-state index contributed by atoms with van der Waals surface area (Å²) in [5.74, 6) is -0.0606. The predicted molar refractivity (Wildman–Crippen MR) is 82.8 cm³/mol. The fourth-order valence-electron chi connectivity index (χ4n) is 2.48. The minimum Gasteiger partial charge on any atom is -0.492 e. The molecule has 0 spiro atoms. The maximum atomic E-state index is 12.2. The van der Waals surface area contributed by atoms with E-state index >= 15 is 0 Å². The standard InChI is InChI=1S/C16H22N2O4/c1-3-22-14-7-5-4-6-13(14)18-9-12(8-15(18)20)16(21)17-11(2)10-19/h4-7,11-12,19H,3,8-10H2,1-2H3,(H,17,21). The number of aliphatic hydroxyl groups is 1. The van der Waals surface area contributed by atoms with Crippen LogP contribution in [0.15, 0.2) is 24.3 Å². The molecular weight excluding hydrogens is 284 g/mol. The SMILES string of the molecule is CCOc1ccccc1N1CC(C(=O)NC(C)CO)CC1=O. The van der Waals surface area contributed by atoms with Crippen LogP contribution < -0.4 is 15.0 Å². The van der Waals surface area contributed by atoms with Crippen molar-refractivity contribution >= 4 is 17.5 Å². The highest BCUT2D eigenvalue weighted by molar-refractivity contribution is 6.01. The summed E-state index contributed by atoms with van der Waals surface area (Å²) < 4.78 is 5.55. The van der Waals surface area contributed by atoms with Gasteiger partial charge in [0.2, 0.25) is 11.8 Å². The highest BCUT2D eigenvalue weighted by Gasteiger charge is 2.36. The maximum absolute atomic E-state index is 12.2. The summed E-state index contributed by atoms with van der Waals surface area (Å²) >= 11 is 0. The molecule has 1 fully saturated rings. The Morgan fingerprint density at radius 3 is 2.91 bits per heavy atom. The lowest BCUT2D eigenvalue weighted by Gasteiger charge is -2.20. The number of nitrogens with zero attached hydrogens (tertiary/aromatic N) is 1. The lowest BCUT2D eigenvalue weighted by Crippen LogP contribution is -2.40. The molecule has 0 aliphatic carbocycles. The molecule has 2 N–H and O–H groups in total. The van der Waals surface area contributed by atoms with Gasteiger partial charge >= 0.3 is 0 Å². The molecule has 0 radical (unpaired) electrons. The van der Waals surface area contributed by atoms with Gasteiger partial charge in [-0.25, -0.2) is 0 Å². The lowest BCUT2D eigenvalue weighted by atomic mass is 10.1. The summed E-state index contributed by atoms with van der Waals surface area (Å²) in [5.41, 5.74) is 0.694. The molecule has 2 rings (SSSR count). The van der Waals surface area contributed by atoms with Gasteiger partial charge in [-0.1, -0.05) is 12.1 Å². The zero-order valence-corrected chi connectivity index (χ0v) is 12.9. The first-order chi connectivity index (χ1) is 10.6. The Kier molecular flexibility index (Phi) is 5.38. The van der Waals surface area contributed by atoms with Crippen LogP contribution in [0.2, 0.25) is 0 Å². The van der Waals surface area contributed by atoms with Crippen molar-refractivity contribution in [3.63, 3.8) is 0 Å². The number of anilines is 1. The molecule has 2 unspecified atom stereocenters. The maximum Gasteiger partial charge on any atom is 0.227 e. The fourth-order valence-corrected chi connectivity index (χ4v) is 2.48. The molecular formula is C16H22N2O4. The van der Waals surface area contributed by atoms with Gasteiger partial charge in [-0.05, 0) is 26.0 Å². The topological polar surface area (TPSA) is 78.9 Å². The molecule has 0 aromatic heterocycles. The summed E-state index contributed by atoms with van der Waals surface area (Å²) in [6, 6.07) is 7.01. The van der Waals surface area contributed by atoms with Gasteiger partial charge < -0.3 is 20.1 Å². The van der Waals surface area contributed by atoms with Crippen LogP contribution in [0, 0.1) is 5.92 Å². The van der Waals surface area contributed by atoms with Crippen molar-refractivity contribution in [1.29, 1.82) is 0 Å². The van der Waals surface area contributed by atoms with Gasteiger partial charge in [-0.2, -0.15) is 0 Å². The predicted octanol–water partition coefficient (Wildman–Crippen LogP) is 0.935. The summed E-state index contributed by atoms with van der Waals surface area (Å²) in [6.45, 7) is 4.32. The number of carbonyl (C=O) groups excluding carboxylic acids is 2. The Morgan fingerprint density at radius 2 is 2.23 bits per heavy atom. The number of hydrogen-bond donors (Lipinski definition) is 2. The Bertz CT molecular complexity index is 547. The van der Waals surface area contributed by atoms with Crippen LogP contribution in [-0.2, 0) is 9.59 Å². The number of benzene rings is 1. The van der Waals surface area contributed by atoms with E-state index in [1.807, 2.05) is 31.2 Å². The van der Waals surface area contributed by atoms with Crippen LogP contribution in [0.1, 0.15) is 20.3 Å². The third-order valence-electron chi connectivity index (χ3n) is 3.61. The van der Waals surface area contributed by atoms with Gasteiger partial charge in [-0.15, -0.1) is 0 Å². The van der Waals surface area contributed by atoms with Crippen LogP contribution in [0.5, 0.6) is 5.75 Å². The van der Waals surface area contributed by atoms with Crippen molar-refractivity contribution in [1.82, 2.24) is 5.32 Å². The van der Waals surface area contributed by atoms with Crippen molar-refractivity contribution < 1.29 is 19.4 Å². The number of carbonyl (C=O) groups is 2. The van der Waals surface area contributed by atoms with Crippen LogP contribution in [0.4, 0.5) is 5.69 Å². The Morgan fingerprint density at radius 1 is 1.50 bits per heavy atom. The molecule has 1 heterocycles. The first kappa shape index (κ1) is 16.3. The zero-order chi connectivity index (χ0) is 16.1. The normalized spacial score (nSPS) is 19.1. The fraction of sp³-hybridized carbons (Fsp3) is 0.500. The number of amides is 2. The quantitative estimate of drug-likeness (QED) is 0.819. The third-order valence-corrected chi connectivity index (χ3v) is 3.61. The smallest absolute Gasteiger partial charge is 0.227 e. The van der Waals surface area contributed by atoms with Gasteiger partial charge in [0.1, 0.15) is 5.75 Å². The number of para-hydroxylation sites is 2. The number of hydrogen-bond acceptors (Lipinski definition) is 4. The summed E-state index contributed by atoms with van der Waals surface area (Å²) in [6.07, 6.45) is 0.171. The molecule has 0 bridgehead atoms. The Hall–Kier alpha value is -2.08. The van der Waals surface area contributed by atoms with Crippen molar-refractivity contribution in [2.24, 2.45) is 5.92 Å². The largest absolute Gasteiger partial charge is 0.492 e. The van der Waals surface area contributed by atoms with E-state index in [0.717, 1.165) is 0 Å². The average Bonchev–Trinajstić information content (AvgIpc) is 2.90. The van der Waals surface area contributed by atoms with Crippen LogP contribution in [0.25, 0.3) is 0 Å². The summed E-state index contributed by atoms with van der Waals surface area (Å²) in [5, 5.41) is 11.7. The van der Waals surface area contributed by atoms with Crippen molar-refractivity contribution in [2.75, 3.05) is 24.7 Å². The second-order valence-electron chi connectivity index (χ2n) is 5.40. The van der Waals surface area contributed by atoms with E-state index in [1.165, 1.54) is 0 Å². The molecule has 6 nitrogen and oxygen atoms in total. The molecule has 1 aromatic rings. The van der Waals surface area contributed by atoms with Crippen LogP contribution in [-0.4, -0.2) is 42.7 Å². The van der Waals surface area contributed by atoms with E-state index < -0.39 is 5.92 Å². The van der Waals surface area contributed by atoms with Gasteiger partial charge in [0.15, 0.2) is 0 Å². The molecule has 1 aliphatic heterocycles. The zero-order valence-electron chi connectivity index (χ0n) is 12.9. The van der Waals surface area contributed by atoms with Gasteiger partial charge in [0.25, 0.3) is 0 Å². The number of aliphatic hydroxyl groups excluding tert-OH is 1. The van der Waals surface area contributed by atoms with Crippen molar-refractivity contribution in [3.8, 4) is 5.75 Å². The summed E-state index contributed by atoms with van der Waals surface area (Å²) in [4.78, 5) is 26.0. The molecule has 1 saturated heterocycles. The highest BCUT2D eigenvalue weighted by atomic mass is 16.5. The second kappa shape index (κ2) is 7.26. The number of ether oxygens (including phenoxy) is 1. The van der Waals surface area contributed by atoms with E-state index in [2.05, 4.69) is 5.32 Å². The van der Waals surface area contributed by atoms with Crippen molar-refractivity contribution in [3.05, 3.63) is 24.3 Å². The Labute approximate surface area is 130 Å². The molecule has 2 atom stereocenters. The molecule has 1 aromatic carbocycles. The van der Waals surface area contributed by atoms with E-state index in [4.69, 9.17) is 9.84 Å². The average molecular weight is 306 g/mol.